The number of nitrogens with zero attached hydrogens (tertiary/aromatic N) is 2. The van der Waals surface area contributed by atoms with Crippen LogP contribution in [0.3, 0.4) is 0 Å². The van der Waals surface area contributed by atoms with E-state index in [1.807, 2.05) is 27.0 Å². The fraction of sp³-hybridized carbons (Fsp3) is 0.600. The Morgan fingerprint density at radius 3 is 2.53 bits per heavy atom. The van der Waals surface area contributed by atoms with E-state index in [9.17, 15) is 0 Å². The van der Waals surface area contributed by atoms with Gasteiger partial charge in [0.25, 0.3) is 6.47 Å². The number of carbonyl (C=O) groups is 1. The topological polar surface area (TPSA) is 53.4 Å². The summed E-state index contributed by atoms with van der Waals surface area (Å²) in [6.07, 6.45) is 4.69. The molecule has 2 rings (SSSR count). The first-order chi connectivity index (χ1) is 9.17. The van der Waals surface area contributed by atoms with Crippen molar-refractivity contribution in [1.82, 2.24) is 9.88 Å². The number of carboxylic acid groups (broad SMARTS) is 1. The van der Waals surface area contributed by atoms with Crippen LogP contribution in [0.1, 0.15) is 44.9 Å². The van der Waals surface area contributed by atoms with Crippen molar-refractivity contribution < 1.29 is 9.90 Å². The van der Waals surface area contributed by atoms with Gasteiger partial charge < -0.3 is 5.11 Å². The van der Waals surface area contributed by atoms with Gasteiger partial charge >= 0.3 is 0 Å². The fourth-order valence-electron chi connectivity index (χ4n) is 2.05. The number of rotatable bonds is 2. The first-order valence-corrected chi connectivity index (χ1v) is 6.90. The van der Waals surface area contributed by atoms with Crippen LogP contribution in [0.15, 0.2) is 18.3 Å². The Bertz CT molecular complexity index is 339. The molecule has 0 aliphatic carbocycles. The van der Waals surface area contributed by atoms with Crippen molar-refractivity contribution in [2.45, 2.75) is 53.1 Å². The molecule has 1 atom stereocenters. The van der Waals surface area contributed by atoms with Crippen molar-refractivity contribution in [2.75, 3.05) is 6.54 Å². The van der Waals surface area contributed by atoms with Crippen LogP contribution in [-0.2, 0) is 11.3 Å². The predicted molar refractivity (Wildman–Crippen MR) is 78.1 cm³/mol. The van der Waals surface area contributed by atoms with Crippen LogP contribution < -0.4 is 0 Å². The average molecular weight is 266 g/mol. The molecule has 1 aliphatic heterocycles. The lowest BCUT2D eigenvalue weighted by Crippen LogP contribution is -2.26. The normalized spacial score (nSPS) is 17.8. The molecule has 0 radical (unpaired) electrons. The van der Waals surface area contributed by atoms with Gasteiger partial charge in [-0.1, -0.05) is 19.9 Å². The fourth-order valence-corrected chi connectivity index (χ4v) is 2.05. The van der Waals surface area contributed by atoms with Crippen molar-refractivity contribution in [3.05, 3.63) is 29.6 Å². The predicted octanol–water partition coefficient (Wildman–Crippen LogP) is 3.10. The smallest absolute Gasteiger partial charge is 0.290 e. The van der Waals surface area contributed by atoms with Gasteiger partial charge in [-0.25, -0.2) is 0 Å². The Labute approximate surface area is 116 Å². The number of hydrogen-bond acceptors (Lipinski definition) is 3. The first-order valence-electron chi connectivity index (χ1n) is 6.90. The Morgan fingerprint density at radius 2 is 2.11 bits per heavy atom. The summed E-state index contributed by atoms with van der Waals surface area (Å²) in [5.74, 6) is 0. The molecule has 4 heteroatoms. The molecule has 1 saturated heterocycles. The van der Waals surface area contributed by atoms with E-state index in [2.05, 4.69) is 28.9 Å². The second-order valence-corrected chi connectivity index (χ2v) is 4.37. The quantitative estimate of drug-likeness (QED) is 0.836. The molecule has 0 spiro atoms. The molecular weight excluding hydrogens is 240 g/mol. The maximum atomic E-state index is 8.36. The van der Waals surface area contributed by atoms with Crippen LogP contribution in [0.4, 0.5) is 0 Å². The largest absolute Gasteiger partial charge is 0.483 e. The summed E-state index contributed by atoms with van der Waals surface area (Å²) in [6.45, 7) is 10.4. The highest BCUT2D eigenvalue weighted by Gasteiger charge is 2.19. The van der Waals surface area contributed by atoms with Crippen molar-refractivity contribution in [2.24, 2.45) is 0 Å². The maximum absolute atomic E-state index is 8.36. The Kier molecular flexibility index (Phi) is 9.71. The summed E-state index contributed by atoms with van der Waals surface area (Å²) in [5.41, 5.74) is 2.44. The second-order valence-electron chi connectivity index (χ2n) is 4.37. The standard InChI is InChI=1S/C12H18N2.C2H6.CH2O2/c1-10-5-6-12(8-13-10)9-14-7-3-4-11(14)2;1-2;2-1-3/h5-6,8,11H,3-4,7,9H2,1-2H3;1-2H3;1H,(H,2,3). The minimum atomic E-state index is -0.250. The summed E-state index contributed by atoms with van der Waals surface area (Å²) in [7, 11) is 0. The third-order valence-corrected chi connectivity index (χ3v) is 3.05. The van der Waals surface area contributed by atoms with Gasteiger partial charge in [0.1, 0.15) is 0 Å². The van der Waals surface area contributed by atoms with Gasteiger partial charge in [0.2, 0.25) is 0 Å². The highest BCUT2D eigenvalue weighted by Crippen LogP contribution is 2.18. The SMILES string of the molecule is CC.Cc1ccc(CN2CCCC2C)cn1.O=CO. The lowest BCUT2D eigenvalue weighted by atomic mass is 10.2. The first kappa shape index (κ1) is 17.6. The molecule has 0 bridgehead atoms. The van der Waals surface area contributed by atoms with Crippen LogP contribution >= 0.6 is 0 Å². The van der Waals surface area contributed by atoms with Crippen LogP contribution in [-0.4, -0.2) is 34.0 Å². The number of aromatic nitrogens is 1. The second kappa shape index (κ2) is 10.5. The average Bonchev–Trinajstić information content (AvgIpc) is 2.81. The molecule has 2 heterocycles. The molecule has 1 aliphatic rings. The highest BCUT2D eigenvalue weighted by atomic mass is 16.3. The zero-order valence-electron chi connectivity index (χ0n) is 12.5. The highest BCUT2D eigenvalue weighted by molar-refractivity contribution is 5.32. The molecule has 1 fully saturated rings. The van der Waals surface area contributed by atoms with E-state index in [0.29, 0.717) is 0 Å². The molecule has 1 aromatic heterocycles. The van der Waals surface area contributed by atoms with E-state index in [4.69, 9.17) is 9.90 Å². The summed E-state index contributed by atoms with van der Waals surface area (Å²) < 4.78 is 0. The molecule has 1 N–H and O–H groups in total. The third kappa shape index (κ3) is 6.91. The Balaban J connectivity index is 0.000000573. The lowest BCUT2D eigenvalue weighted by molar-refractivity contribution is -0.122. The Morgan fingerprint density at radius 1 is 1.47 bits per heavy atom. The number of pyridine rings is 1. The van der Waals surface area contributed by atoms with Gasteiger partial charge in [0, 0.05) is 24.5 Å². The summed E-state index contributed by atoms with van der Waals surface area (Å²) in [4.78, 5) is 15.2. The monoisotopic (exact) mass is 266 g/mol. The van der Waals surface area contributed by atoms with Crippen LogP contribution in [0, 0.1) is 6.92 Å². The van der Waals surface area contributed by atoms with Crippen LogP contribution in [0.2, 0.25) is 0 Å². The Hall–Kier alpha value is -1.42. The summed E-state index contributed by atoms with van der Waals surface area (Å²) in [6, 6.07) is 5.03. The molecular formula is C15H26N2O2. The van der Waals surface area contributed by atoms with Gasteiger partial charge in [0.15, 0.2) is 0 Å². The minimum absolute atomic E-state index is 0.250. The van der Waals surface area contributed by atoms with E-state index in [1.54, 1.807) is 0 Å². The van der Waals surface area contributed by atoms with E-state index >= 15 is 0 Å². The number of aryl methyl sites for hydroxylation is 1. The van der Waals surface area contributed by atoms with Crippen molar-refractivity contribution in [1.29, 1.82) is 0 Å². The molecule has 19 heavy (non-hydrogen) atoms. The molecule has 0 aromatic carbocycles. The van der Waals surface area contributed by atoms with Gasteiger partial charge in [-0.3, -0.25) is 14.7 Å². The molecule has 108 valence electrons. The zero-order chi connectivity index (χ0) is 14.7. The van der Waals surface area contributed by atoms with Crippen molar-refractivity contribution in [3.63, 3.8) is 0 Å². The van der Waals surface area contributed by atoms with Gasteiger partial charge in [0.05, 0.1) is 0 Å². The van der Waals surface area contributed by atoms with Crippen molar-refractivity contribution >= 4 is 6.47 Å². The van der Waals surface area contributed by atoms with Gasteiger partial charge in [-0.05, 0) is 44.9 Å². The van der Waals surface area contributed by atoms with Gasteiger partial charge in [-0.2, -0.15) is 0 Å². The van der Waals surface area contributed by atoms with Crippen LogP contribution in [0.25, 0.3) is 0 Å². The van der Waals surface area contributed by atoms with E-state index in [1.165, 1.54) is 24.9 Å². The molecule has 0 amide bonds. The van der Waals surface area contributed by atoms with E-state index < -0.39 is 0 Å². The minimum Gasteiger partial charge on any atom is -0.483 e. The van der Waals surface area contributed by atoms with Crippen LogP contribution in [0.5, 0.6) is 0 Å². The molecule has 4 nitrogen and oxygen atoms in total. The number of hydrogen-bond donors (Lipinski definition) is 1. The maximum Gasteiger partial charge on any atom is 0.290 e. The van der Waals surface area contributed by atoms with Gasteiger partial charge in [-0.15, -0.1) is 0 Å². The molecule has 1 unspecified atom stereocenters. The van der Waals surface area contributed by atoms with Crippen molar-refractivity contribution in [3.8, 4) is 0 Å². The van der Waals surface area contributed by atoms with E-state index in [0.717, 1.165) is 18.3 Å². The summed E-state index contributed by atoms with van der Waals surface area (Å²) in [5, 5.41) is 6.89. The molecule has 1 aromatic rings. The lowest BCUT2D eigenvalue weighted by Gasteiger charge is -2.20. The third-order valence-electron chi connectivity index (χ3n) is 3.05. The number of likely N-dealkylation sites (tertiary alicyclic amines) is 1. The molecule has 0 saturated carbocycles. The summed E-state index contributed by atoms with van der Waals surface area (Å²) >= 11 is 0. The zero-order valence-corrected chi connectivity index (χ0v) is 12.5. The van der Waals surface area contributed by atoms with E-state index in [-0.39, 0.29) is 6.47 Å².